The van der Waals surface area contributed by atoms with E-state index in [9.17, 15) is 5.11 Å². The van der Waals surface area contributed by atoms with E-state index in [1.54, 1.807) is 4.68 Å². The molecule has 1 heterocycles. The summed E-state index contributed by atoms with van der Waals surface area (Å²) in [6.07, 6.45) is 5.86. The number of halogens is 1. The minimum atomic E-state index is -0.567. The molecule has 0 aliphatic heterocycles. The minimum absolute atomic E-state index is 0.567. The van der Waals surface area contributed by atoms with Gasteiger partial charge in [-0.2, -0.15) is 5.10 Å². The van der Waals surface area contributed by atoms with Crippen molar-refractivity contribution in [2.45, 2.75) is 51.0 Å². The van der Waals surface area contributed by atoms with Crippen LogP contribution in [0.1, 0.15) is 43.5 Å². The van der Waals surface area contributed by atoms with Crippen LogP contribution < -0.4 is 0 Å². The number of aryl methyl sites for hydroxylation is 2. The van der Waals surface area contributed by atoms with E-state index in [1.165, 1.54) is 6.42 Å². The molecule has 0 radical (unpaired) electrons. The molecule has 1 N–H and O–H groups in total. The summed E-state index contributed by atoms with van der Waals surface area (Å²) in [5.74, 6) is 0. The van der Waals surface area contributed by atoms with Crippen LogP contribution in [-0.4, -0.2) is 20.5 Å². The van der Waals surface area contributed by atoms with Gasteiger partial charge >= 0.3 is 0 Å². The Balaban J connectivity index is 2.19. The molecule has 0 aromatic carbocycles. The lowest BCUT2D eigenvalue weighted by Crippen LogP contribution is -2.34. The highest BCUT2D eigenvalue weighted by molar-refractivity contribution is 6.31. The molecule has 1 fully saturated rings. The molecule has 90 valence electrons. The largest absolute Gasteiger partial charge is 0.389 e. The lowest BCUT2D eigenvalue weighted by Gasteiger charge is -2.32. The third-order valence-electron chi connectivity index (χ3n) is 3.54. The molecule has 1 aromatic heterocycles. The molecule has 16 heavy (non-hydrogen) atoms. The third-order valence-corrected chi connectivity index (χ3v) is 4.03. The first kappa shape index (κ1) is 11.9. The molecule has 0 bridgehead atoms. The molecular formula is C12H19ClN2O. The van der Waals surface area contributed by atoms with Gasteiger partial charge in [0.05, 0.1) is 22.0 Å². The van der Waals surface area contributed by atoms with Gasteiger partial charge < -0.3 is 5.11 Å². The Morgan fingerprint density at radius 2 is 2.00 bits per heavy atom. The second-order valence-corrected chi connectivity index (χ2v) is 5.31. The molecule has 4 heteroatoms. The summed E-state index contributed by atoms with van der Waals surface area (Å²) in [6, 6.07) is 0. The topological polar surface area (TPSA) is 38.0 Å². The van der Waals surface area contributed by atoms with E-state index >= 15 is 0 Å². The summed E-state index contributed by atoms with van der Waals surface area (Å²) in [7, 11) is 1.89. The summed E-state index contributed by atoms with van der Waals surface area (Å²) in [5.41, 5.74) is 1.24. The van der Waals surface area contributed by atoms with Crippen LogP contribution in [0.3, 0.4) is 0 Å². The Labute approximate surface area is 101 Å². The van der Waals surface area contributed by atoms with Crippen LogP contribution in [-0.2, 0) is 13.5 Å². The zero-order chi connectivity index (χ0) is 11.8. The molecule has 2 rings (SSSR count). The summed E-state index contributed by atoms with van der Waals surface area (Å²) < 4.78 is 1.80. The van der Waals surface area contributed by atoms with Gasteiger partial charge in [-0.25, -0.2) is 0 Å². The Hall–Kier alpha value is -0.540. The Morgan fingerprint density at radius 3 is 2.50 bits per heavy atom. The lowest BCUT2D eigenvalue weighted by molar-refractivity contribution is 0.00295. The van der Waals surface area contributed by atoms with Crippen molar-refractivity contribution < 1.29 is 5.11 Å². The summed E-state index contributed by atoms with van der Waals surface area (Å²) in [4.78, 5) is 0. The highest BCUT2D eigenvalue weighted by Gasteiger charge is 2.31. The van der Waals surface area contributed by atoms with E-state index in [0.717, 1.165) is 37.1 Å². The van der Waals surface area contributed by atoms with Crippen molar-refractivity contribution in [1.29, 1.82) is 0 Å². The molecule has 1 saturated carbocycles. The van der Waals surface area contributed by atoms with Crippen LogP contribution in [0.2, 0.25) is 5.02 Å². The normalized spacial score (nSPS) is 20.0. The van der Waals surface area contributed by atoms with E-state index in [2.05, 4.69) is 5.10 Å². The van der Waals surface area contributed by atoms with Crippen LogP contribution in [0, 0.1) is 6.92 Å². The van der Waals surface area contributed by atoms with Crippen LogP contribution in [0.15, 0.2) is 0 Å². The van der Waals surface area contributed by atoms with Crippen LogP contribution in [0.25, 0.3) is 0 Å². The van der Waals surface area contributed by atoms with E-state index in [1.807, 2.05) is 14.0 Å². The number of hydrogen-bond acceptors (Lipinski definition) is 2. The first-order valence-corrected chi connectivity index (χ1v) is 6.30. The monoisotopic (exact) mass is 242 g/mol. The predicted molar refractivity (Wildman–Crippen MR) is 64.7 cm³/mol. The van der Waals surface area contributed by atoms with E-state index in [0.29, 0.717) is 11.4 Å². The summed E-state index contributed by atoms with van der Waals surface area (Å²) in [6.45, 7) is 1.90. The van der Waals surface area contributed by atoms with Crippen molar-refractivity contribution in [3.63, 3.8) is 0 Å². The number of nitrogens with zero attached hydrogens (tertiary/aromatic N) is 2. The van der Waals surface area contributed by atoms with E-state index in [4.69, 9.17) is 11.6 Å². The predicted octanol–water partition coefficient (Wildman–Crippen LogP) is 2.62. The van der Waals surface area contributed by atoms with Crippen molar-refractivity contribution in [2.75, 3.05) is 0 Å². The summed E-state index contributed by atoms with van der Waals surface area (Å²) >= 11 is 6.20. The molecule has 1 aliphatic carbocycles. The molecule has 1 aromatic rings. The first-order chi connectivity index (χ1) is 7.52. The second-order valence-electron chi connectivity index (χ2n) is 4.93. The lowest BCUT2D eigenvalue weighted by atomic mass is 9.81. The number of rotatable bonds is 2. The standard InChI is InChI=1S/C12H19ClN2O/c1-9-11(13)10(15(2)14-9)8-12(16)6-4-3-5-7-12/h16H,3-8H2,1-2H3. The third kappa shape index (κ3) is 2.25. The summed E-state index contributed by atoms with van der Waals surface area (Å²) in [5, 5.41) is 15.5. The van der Waals surface area contributed by atoms with Crippen molar-refractivity contribution in [3.05, 3.63) is 16.4 Å². The van der Waals surface area contributed by atoms with Gasteiger partial charge in [0.15, 0.2) is 0 Å². The highest BCUT2D eigenvalue weighted by Crippen LogP contribution is 2.33. The smallest absolute Gasteiger partial charge is 0.0848 e. The van der Waals surface area contributed by atoms with E-state index in [-0.39, 0.29) is 0 Å². The average molecular weight is 243 g/mol. The fourth-order valence-electron chi connectivity index (χ4n) is 2.57. The Kier molecular flexibility index (Phi) is 3.27. The molecule has 0 spiro atoms. The quantitative estimate of drug-likeness (QED) is 0.866. The minimum Gasteiger partial charge on any atom is -0.389 e. The van der Waals surface area contributed by atoms with Gasteiger partial charge in [-0.3, -0.25) is 4.68 Å². The molecule has 0 saturated heterocycles. The van der Waals surface area contributed by atoms with Crippen molar-refractivity contribution in [2.24, 2.45) is 7.05 Å². The zero-order valence-corrected chi connectivity index (χ0v) is 10.7. The van der Waals surface area contributed by atoms with Gasteiger partial charge in [-0.15, -0.1) is 0 Å². The zero-order valence-electron chi connectivity index (χ0n) is 9.96. The van der Waals surface area contributed by atoms with Gasteiger partial charge in [0.2, 0.25) is 0 Å². The van der Waals surface area contributed by atoms with Gasteiger partial charge in [-0.05, 0) is 19.8 Å². The fourth-order valence-corrected chi connectivity index (χ4v) is 2.80. The number of hydrogen-bond donors (Lipinski definition) is 1. The van der Waals surface area contributed by atoms with Gasteiger partial charge in [0.1, 0.15) is 0 Å². The van der Waals surface area contributed by atoms with E-state index < -0.39 is 5.60 Å². The molecule has 3 nitrogen and oxygen atoms in total. The van der Waals surface area contributed by atoms with Gasteiger partial charge in [0, 0.05) is 13.5 Å². The fraction of sp³-hybridized carbons (Fsp3) is 0.750. The van der Waals surface area contributed by atoms with Crippen molar-refractivity contribution >= 4 is 11.6 Å². The van der Waals surface area contributed by atoms with Crippen LogP contribution >= 0.6 is 11.6 Å². The molecule has 0 amide bonds. The molecule has 1 aliphatic rings. The first-order valence-electron chi connectivity index (χ1n) is 5.92. The second kappa shape index (κ2) is 4.38. The van der Waals surface area contributed by atoms with Crippen molar-refractivity contribution in [1.82, 2.24) is 9.78 Å². The van der Waals surface area contributed by atoms with Crippen LogP contribution in [0.5, 0.6) is 0 Å². The molecule has 0 atom stereocenters. The number of aromatic nitrogens is 2. The maximum absolute atomic E-state index is 10.5. The molecular weight excluding hydrogens is 224 g/mol. The molecule has 0 unspecified atom stereocenters. The Morgan fingerprint density at radius 1 is 1.38 bits per heavy atom. The van der Waals surface area contributed by atoms with Crippen LogP contribution in [0.4, 0.5) is 0 Å². The highest BCUT2D eigenvalue weighted by atomic mass is 35.5. The maximum Gasteiger partial charge on any atom is 0.0848 e. The van der Waals surface area contributed by atoms with Gasteiger partial charge in [-0.1, -0.05) is 30.9 Å². The Bertz CT molecular complexity index is 381. The maximum atomic E-state index is 10.5. The SMILES string of the molecule is Cc1nn(C)c(CC2(O)CCCCC2)c1Cl. The average Bonchev–Trinajstić information content (AvgIpc) is 2.46. The van der Waals surface area contributed by atoms with Crippen molar-refractivity contribution in [3.8, 4) is 0 Å². The van der Waals surface area contributed by atoms with Gasteiger partial charge in [0.25, 0.3) is 0 Å². The number of aliphatic hydroxyl groups is 1.